The Kier molecular flexibility index (Phi) is 4.91. The van der Waals surface area contributed by atoms with E-state index < -0.39 is 0 Å². The van der Waals surface area contributed by atoms with Gasteiger partial charge < -0.3 is 14.6 Å². The van der Waals surface area contributed by atoms with E-state index in [9.17, 15) is 4.79 Å². The van der Waals surface area contributed by atoms with Gasteiger partial charge in [-0.3, -0.25) is 4.79 Å². The van der Waals surface area contributed by atoms with Crippen LogP contribution in [0.1, 0.15) is 28.5 Å². The second kappa shape index (κ2) is 7.11. The molecule has 0 aliphatic rings. The highest BCUT2D eigenvalue weighted by atomic mass is 16.5. The van der Waals surface area contributed by atoms with Gasteiger partial charge in [-0.05, 0) is 44.2 Å². The first-order valence-electron chi connectivity index (χ1n) is 8.58. The molecule has 0 amide bonds. The SMILES string of the molecule is COc1ccc(C[NH+](C)[C@H](C)C(=O)c2c(C)[nH]c3ccccc23)cc1. The van der Waals surface area contributed by atoms with Gasteiger partial charge >= 0.3 is 0 Å². The number of nitrogens with one attached hydrogen (secondary N) is 2. The molecule has 0 spiro atoms. The fraction of sp³-hybridized carbons (Fsp3) is 0.286. The molecular formula is C21H25N2O2+. The lowest BCUT2D eigenvalue weighted by Gasteiger charge is -2.21. The first-order chi connectivity index (χ1) is 12.0. The fourth-order valence-electron chi connectivity index (χ4n) is 3.25. The highest BCUT2D eigenvalue weighted by Crippen LogP contribution is 2.22. The molecule has 1 unspecified atom stereocenters. The first-order valence-corrected chi connectivity index (χ1v) is 8.58. The van der Waals surface area contributed by atoms with Crippen molar-refractivity contribution in [2.24, 2.45) is 0 Å². The number of aryl methyl sites for hydroxylation is 1. The molecule has 3 rings (SSSR count). The van der Waals surface area contributed by atoms with Crippen molar-refractivity contribution >= 4 is 16.7 Å². The number of hydrogen-bond acceptors (Lipinski definition) is 2. The number of hydrogen-bond donors (Lipinski definition) is 2. The molecule has 0 aliphatic heterocycles. The topological polar surface area (TPSA) is 46.5 Å². The van der Waals surface area contributed by atoms with Crippen LogP contribution >= 0.6 is 0 Å². The smallest absolute Gasteiger partial charge is 0.222 e. The van der Waals surface area contributed by atoms with E-state index in [1.165, 1.54) is 10.5 Å². The number of benzene rings is 2. The van der Waals surface area contributed by atoms with Crippen molar-refractivity contribution in [3.8, 4) is 5.75 Å². The third-order valence-corrected chi connectivity index (χ3v) is 4.91. The predicted octanol–water partition coefficient (Wildman–Crippen LogP) is 2.77. The third kappa shape index (κ3) is 3.44. The lowest BCUT2D eigenvalue weighted by Crippen LogP contribution is -3.12. The number of ketones is 1. The molecule has 4 nitrogen and oxygen atoms in total. The van der Waals surface area contributed by atoms with Crippen LogP contribution in [0.25, 0.3) is 10.9 Å². The zero-order valence-electron chi connectivity index (χ0n) is 15.2. The molecule has 3 aromatic rings. The number of rotatable bonds is 6. The summed E-state index contributed by atoms with van der Waals surface area (Å²) in [4.78, 5) is 17.6. The minimum absolute atomic E-state index is 0.125. The van der Waals surface area contributed by atoms with Crippen LogP contribution in [-0.2, 0) is 6.54 Å². The summed E-state index contributed by atoms with van der Waals surface area (Å²) in [5, 5.41) is 1.01. The average molecular weight is 337 g/mol. The second-order valence-corrected chi connectivity index (χ2v) is 6.63. The molecule has 0 saturated heterocycles. The molecule has 2 atom stereocenters. The number of carbonyl (C=O) groups is 1. The maximum absolute atomic E-state index is 13.1. The molecule has 130 valence electrons. The maximum Gasteiger partial charge on any atom is 0.222 e. The van der Waals surface area contributed by atoms with Gasteiger partial charge in [-0.25, -0.2) is 0 Å². The van der Waals surface area contributed by atoms with E-state index in [1.54, 1.807) is 7.11 Å². The van der Waals surface area contributed by atoms with Crippen molar-refractivity contribution in [2.45, 2.75) is 26.4 Å². The maximum atomic E-state index is 13.1. The van der Waals surface area contributed by atoms with Crippen molar-refractivity contribution in [3.05, 3.63) is 65.4 Å². The van der Waals surface area contributed by atoms with Gasteiger partial charge in [0.1, 0.15) is 18.3 Å². The molecule has 0 saturated carbocycles. The van der Waals surface area contributed by atoms with E-state index in [1.807, 2.05) is 50.2 Å². The number of methoxy groups -OCH3 is 1. The quantitative estimate of drug-likeness (QED) is 0.680. The predicted molar refractivity (Wildman–Crippen MR) is 100 cm³/mol. The van der Waals surface area contributed by atoms with E-state index in [0.29, 0.717) is 0 Å². The lowest BCUT2D eigenvalue weighted by atomic mass is 10.0. The monoisotopic (exact) mass is 337 g/mol. The molecule has 0 bridgehead atoms. The van der Waals surface area contributed by atoms with Crippen molar-refractivity contribution in [1.82, 2.24) is 4.98 Å². The fourth-order valence-corrected chi connectivity index (χ4v) is 3.25. The summed E-state index contributed by atoms with van der Waals surface area (Å²) in [7, 11) is 3.73. The number of H-pyrrole nitrogens is 1. The van der Waals surface area contributed by atoms with Crippen LogP contribution in [0.2, 0.25) is 0 Å². The summed E-state index contributed by atoms with van der Waals surface area (Å²) in [6.45, 7) is 4.76. The van der Waals surface area contributed by atoms with Crippen molar-refractivity contribution in [1.29, 1.82) is 0 Å². The zero-order chi connectivity index (χ0) is 18.0. The molecule has 0 aliphatic carbocycles. The zero-order valence-corrected chi connectivity index (χ0v) is 15.2. The highest BCUT2D eigenvalue weighted by Gasteiger charge is 2.27. The van der Waals surface area contributed by atoms with Gasteiger partial charge in [-0.15, -0.1) is 0 Å². The standard InChI is InChI=1S/C21H24N2O2/c1-14-20(18-7-5-6-8-19(18)22-14)21(24)15(2)23(3)13-16-9-11-17(25-4)12-10-16/h5-12,15,22H,13H2,1-4H3/p+1/t15-/m1/s1. The van der Waals surface area contributed by atoms with Crippen LogP contribution in [0.4, 0.5) is 0 Å². The molecule has 2 N–H and O–H groups in total. The number of Topliss-reactive ketones (excluding diaryl/α,β-unsaturated/α-hetero) is 1. The van der Waals surface area contributed by atoms with Gasteiger partial charge in [0.05, 0.1) is 19.7 Å². The van der Waals surface area contributed by atoms with Gasteiger partial charge in [-0.1, -0.05) is 18.2 Å². The summed E-state index contributed by atoms with van der Waals surface area (Å²) in [6.07, 6.45) is 0. The van der Waals surface area contributed by atoms with Crippen molar-refractivity contribution < 1.29 is 14.4 Å². The molecule has 0 fully saturated rings. The molecule has 2 aromatic carbocycles. The Morgan fingerprint density at radius 3 is 2.52 bits per heavy atom. The van der Waals surface area contributed by atoms with Gasteiger partial charge in [0.25, 0.3) is 0 Å². The molecular weight excluding hydrogens is 312 g/mol. The first kappa shape index (κ1) is 17.2. The van der Waals surface area contributed by atoms with E-state index in [2.05, 4.69) is 24.2 Å². The summed E-state index contributed by atoms with van der Waals surface area (Å²) in [5.41, 5.74) is 3.96. The van der Waals surface area contributed by atoms with Gasteiger partial charge in [0.2, 0.25) is 5.78 Å². The number of quaternary nitrogens is 1. The van der Waals surface area contributed by atoms with Crippen LogP contribution in [-0.4, -0.2) is 31.0 Å². The Balaban J connectivity index is 1.79. The average Bonchev–Trinajstić information content (AvgIpc) is 2.96. The van der Waals surface area contributed by atoms with E-state index >= 15 is 0 Å². The minimum Gasteiger partial charge on any atom is -0.497 e. The van der Waals surface area contributed by atoms with Crippen LogP contribution in [0.15, 0.2) is 48.5 Å². The lowest BCUT2D eigenvalue weighted by molar-refractivity contribution is -0.907. The van der Waals surface area contributed by atoms with E-state index in [0.717, 1.165) is 34.5 Å². The Morgan fingerprint density at radius 1 is 1.16 bits per heavy atom. The van der Waals surface area contributed by atoms with Crippen molar-refractivity contribution in [2.75, 3.05) is 14.2 Å². The normalized spacial score (nSPS) is 13.6. The molecule has 0 radical (unpaired) electrons. The van der Waals surface area contributed by atoms with Gasteiger partial charge in [0, 0.05) is 22.2 Å². The number of aromatic amines is 1. The van der Waals surface area contributed by atoms with Crippen LogP contribution in [0.5, 0.6) is 5.75 Å². The second-order valence-electron chi connectivity index (χ2n) is 6.63. The minimum atomic E-state index is -0.125. The third-order valence-electron chi connectivity index (χ3n) is 4.91. The number of carbonyl (C=O) groups excluding carboxylic acids is 1. The number of aromatic nitrogens is 1. The molecule has 4 heteroatoms. The number of fused-ring (bicyclic) bond motifs is 1. The summed E-state index contributed by atoms with van der Waals surface area (Å²) in [6, 6.07) is 15.9. The van der Waals surface area contributed by atoms with Crippen LogP contribution in [0.3, 0.4) is 0 Å². The number of likely N-dealkylation sites (N-methyl/N-ethyl adjacent to an activating group) is 1. The van der Waals surface area contributed by atoms with Crippen molar-refractivity contribution in [3.63, 3.8) is 0 Å². The summed E-state index contributed by atoms with van der Waals surface area (Å²) >= 11 is 0. The summed E-state index contributed by atoms with van der Waals surface area (Å²) in [5.74, 6) is 1.03. The van der Waals surface area contributed by atoms with E-state index in [4.69, 9.17) is 4.74 Å². The Labute approximate surface area is 148 Å². The van der Waals surface area contributed by atoms with Crippen LogP contribution < -0.4 is 9.64 Å². The van der Waals surface area contributed by atoms with Gasteiger partial charge in [-0.2, -0.15) is 0 Å². The number of ether oxygens (including phenoxy) is 1. The Morgan fingerprint density at radius 2 is 1.84 bits per heavy atom. The summed E-state index contributed by atoms with van der Waals surface area (Å²) < 4.78 is 5.20. The van der Waals surface area contributed by atoms with Gasteiger partial charge in [0.15, 0.2) is 0 Å². The van der Waals surface area contributed by atoms with Crippen LogP contribution in [0, 0.1) is 6.92 Å². The molecule has 25 heavy (non-hydrogen) atoms. The Hall–Kier alpha value is -2.59. The Bertz CT molecular complexity index is 881. The number of para-hydroxylation sites is 1. The largest absolute Gasteiger partial charge is 0.497 e. The van der Waals surface area contributed by atoms with E-state index in [-0.39, 0.29) is 11.8 Å². The highest BCUT2D eigenvalue weighted by molar-refractivity contribution is 6.10. The molecule has 1 aromatic heterocycles. The molecule has 1 heterocycles.